The highest BCUT2D eigenvalue weighted by Gasteiger charge is 2.22. The van der Waals surface area contributed by atoms with E-state index in [1.807, 2.05) is 6.92 Å². The van der Waals surface area contributed by atoms with E-state index in [2.05, 4.69) is 14.7 Å². The van der Waals surface area contributed by atoms with E-state index in [9.17, 15) is 8.42 Å². The van der Waals surface area contributed by atoms with E-state index in [0.29, 0.717) is 0 Å². The normalized spacial score (nSPS) is 13.3. The lowest BCUT2D eigenvalue weighted by Gasteiger charge is -2.12. The van der Waals surface area contributed by atoms with Gasteiger partial charge in [0.1, 0.15) is 15.1 Å². The van der Waals surface area contributed by atoms with Crippen LogP contribution in [0.5, 0.6) is 0 Å². The van der Waals surface area contributed by atoms with E-state index in [0.717, 1.165) is 16.3 Å². The molecular weight excluding hydrogens is 318 g/mol. The number of sulfonamides is 1. The zero-order chi connectivity index (χ0) is 14.8. The summed E-state index contributed by atoms with van der Waals surface area (Å²) in [7, 11) is -3.71. The van der Waals surface area contributed by atoms with Gasteiger partial charge in [0.25, 0.3) is 0 Å². The molecule has 0 aliphatic rings. The molecule has 2 heterocycles. The second-order valence-corrected chi connectivity index (χ2v) is 7.34. The molecule has 1 atom stereocenters. The number of hydrogen-bond acceptors (Lipinski definition) is 5. The van der Waals surface area contributed by atoms with Gasteiger partial charge in [-0.15, -0.1) is 11.3 Å². The number of aromatic nitrogens is 2. The summed E-state index contributed by atoms with van der Waals surface area (Å²) >= 11 is 7.32. The smallest absolute Gasteiger partial charge is 0.244 e. The van der Waals surface area contributed by atoms with Gasteiger partial charge in [-0.25, -0.2) is 23.1 Å². The Kier molecular flexibility index (Phi) is 4.74. The first kappa shape index (κ1) is 15.4. The average molecular weight is 332 g/mol. The van der Waals surface area contributed by atoms with Gasteiger partial charge in [-0.3, -0.25) is 0 Å². The predicted octanol–water partition coefficient (Wildman–Crippen LogP) is 2.79. The molecule has 0 fully saturated rings. The molecule has 1 unspecified atom stereocenters. The zero-order valence-corrected chi connectivity index (χ0v) is 13.4. The number of thiazole rings is 1. The van der Waals surface area contributed by atoms with E-state index < -0.39 is 16.1 Å². The SMILES string of the molecule is CCc1cnc(C(C)NS(=O)(=O)c2cccnc2Cl)s1. The molecular formula is C12H14ClN3O2S2. The summed E-state index contributed by atoms with van der Waals surface area (Å²) < 4.78 is 27.1. The van der Waals surface area contributed by atoms with Gasteiger partial charge in [-0.05, 0) is 25.5 Å². The van der Waals surface area contributed by atoms with Gasteiger partial charge < -0.3 is 0 Å². The van der Waals surface area contributed by atoms with Crippen LogP contribution in [0.15, 0.2) is 29.4 Å². The summed E-state index contributed by atoms with van der Waals surface area (Å²) in [4.78, 5) is 9.10. The Hall–Kier alpha value is -1.02. The van der Waals surface area contributed by atoms with Crippen LogP contribution >= 0.6 is 22.9 Å². The molecule has 108 valence electrons. The van der Waals surface area contributed by atoms with Gasteiger partial charge in [0.05, 0.1) is 6.04 Å². The van der Waals surface area contributed by atoms with Gasteiger partial charge in [0.15, 0.2) is 0 Å². The lowest BCUT2D eigenvalue weighted by Crippen LogP contribution is -2.27. The number of halogens is 1. The van der Waals surface area contributed by atoms with Crippen molar-refractivity contribution in [3.63, 3.8) is 0 Å². The number of rotatable bonds is 5. The van der Waals surface area contributed by atoms with Crippen molar-refractivity contribution in [2.75, 3.05) is 0 Å². The quantitative estimate of drug-likeness (QED) is 0.855. The fourth-order valence-electron chi connectivity index (χ4n) is 1.60. The van der Waals surface area contributed by atoms with Crippen LogP contribution in [0.3, 0.4) is 0 Å². The monoisotopic (exact) mass is 331 g/mol. The molecule has 0 amide bonds. The van der Waals surface area contributed by atoms with Crippen molar-refractivity contribution in [1.29, 1.82) is 0 Å². The maximum absolute atomic E-state index is 12.3. The zero-order valence-electron chi connectivity index (χ0n) is 11.0. The lowest BCUT2D eigenvalue weighted by molar-refractivity contribution is 0.566. The number of hydrogen-bond donors (Lipinski definition) is 1. The second kappa shape index (κ2) is 6.17. The highest BCUT2D eigenvalue weighted by molar-refractivity contribution is 7.89. The molecule has 0 spiro atoms. The average Bonchev–Trinajstić information content (AvgIpc) is 2.87. The fraction of sp³-hybridized carbons (Fsp3) is 0.333. The molecule has 0 aliphatic heterocycles. The fourth-order valence-corrected chi connectivity index (χ4v) is 4.20. The first-order valence-electron chi connectivity index (χ1n) is 6.01. The number of pyridine rings is 1. The Morgan fingerprint density at radius 3 is 2.80 bits per heavy atom. The predicted molar refractivity (Wildman–Crippen MR) is 79.5 cm³/mol. The Labute approximate surface area is 127 Å². The third-order valence-electron chi connectivity index (χ3n) is 2.64. The molecule has 2 rings (SSSR count). The van der Waals surface area contributed by atoms with Crippen LogP contribution < -0.4 is 4.72 Å². The van der Waals surface area contributed by atoms with Crippen LogP contribution in [-0.2, 0) is 16.4 Å². The maximum atomic E-state index is 12.3. The Morgan fingerprint density at radius 1 is 1.45 bits per heavy atom. The first-order chi connectivity index (χ1) is 9.44. The van der Waals surface area contributed by atoms with E-state index in [1.54, 1.807) is 13.1 Å². The van der Waals surface area contributed by atoms with Gasteiger partial charge >= 0.3 is 0 Å². The molecule has 2 aromatic rings. The van der Waals surface area contributed by atoms with E-state index >= 15 is 0 Å². The molecule has 8 heteroatoms. The van der Waals surface area contributed by atoms with Gasteiger partial charge in [0.2, 0.25) is 10.0 Å². The molecule has 20 heavy (non-hydrogen) atoms. The minimum Gasteiger partial charge on any atom is -0.248 e. The number of nitrogens with zero attached hydrogens (tertiary/aromatic N) is 2. The van der Waals surface area contributed by atoms with Crippen molar-refractivity contribution in [1.82, 2.24) is 14.7 Å². The van der Waals surface area contributed by atoms with Crippen LogP contribution in [-0.4, -0.2) is 18.4 Å². The molecule has 0 radical (unpaired) electrons. The molecule has 0 saturated heterocycles. The van der Waals surface area contributed by atoms with Crippen molar-refractivity contribution >= 4 is 33.0 Å². The number of aryl methyl sites for hydroxylation is 1. The van der Waals surface area contributed by atoms with E-state index in [-0.39, 0.29) is 10.0 Å². The largest absolute Gasteiger partial charge is 0.248 e. The van der Waals surface area contributed by atoms with E-state index in [4.69, 9.17) is 11.6 Å². The van der Waals surface area contributed by atoms with Crippen molar-refractivity contribution in [2.24, 2.45) is 0 Å². The molecule has 0 saturated carbocycles. The summed E-state index contributed by atoms with van der Waals surface area (Å²) in [5.41, 5.74) is 0. The topological polar surface area (TPSA) is 72.0 Å². The molecule has 5 nitrogen and oxygen atoms in total. The van der Waals surface area contributed by atoms with Crippen LogP contribution in [0.25, 0.3) is 0 Å². The summed E-state index contributed by atoms with van der Waals surface area (Å²) in [6.45, 7) is 3.78. The van der Waals surface area contributed by atoms with Gasteiger partial charge in [-0.2, -0.15) is 0 Å². The van der Waals surface area contributed by atoms with Crippen molar-refractivity contribution in [2.45, 2.75) is 31.2 Å². The number of nitrogens with one attached hydrogen (secondary N) is 1. The van der Waals surface area contributed by atoms with Crippen LogP contribution in [0, 0.1) is 0 Å². The lowest BCUT2D eigenvalue weighted by atomic mass is 10.4. The maximum Gasteiger partial charge on any atom is 0.244 e. The van der Waals surface area contributed by atoms with Crippen molar-refractivity contribution in [3.05, 3.63) is 39.6 Å². The third-order valence-corrected chi connectivity index (χ3v) is 5.95. The molecule has 0 aromatic carbocycles. The second-order valence-electron chi connectivity index (χ2n) is 4.15. The van der Waals surface area contributed by atoms with Crippen LogP contribution in [0.1, 0.15) is 29.8 Å². The summed E-state index contributed by atoms with van der Waals surface area (Å²) in [6.07, 6.45) is 4.09. The summed E-state index contributed by atoms with van der Waals surface area (Å²) in [6, 6.07) is 2.54. The minimum absolute atomic E-state index is 0.0270. The molecule has 1 N–H and O–H groups in total. The first-order valence-corrected chi connectivity index (χ1v) is 8.69. The van der Waals surface area contributed by atoms with Gasteiger partial charge in [0, 0.05) is 17.3 Å². The summed E-state index contributed by atoms with van der Waals surface area (Å²) in [5.74, 6) is 0. The van der Waals surface area contributed by atoms with Crippen LogP contribution in [0.4, 0.5) is 0 Å². The molecule has 0 aliphatic carbocycles. The Morgan fingerprint density at radius 2 is 2.20 bits per heavy atom. The van der Waals surface area contributed by atoms with Gasteiger partial charge in [-0.1, -0.05) is 18.5 Å². The van der Waals surface area contributed by atoms with Crippen LogP contribution in [0.2, 0.25) is 5.15 Å². The van der Waals surface area contributed by atoms with E-state index in [1.165, 1.54) is 29.7 Å². The Balaban J connectivity index is 2.22. The minimum atomic E-state index is -3.71. The van der Waals surface area contributed by atoms with Crippen molar-refractivity contribution < 1.29 is 8.42 Å². The highest BCUT2D eigenvalue weighted by Crippen LogP contribution is 2.24. The highest BCUT2D eigenvalue weighted by atomic mass is 35.5. The molecule has 0 bridgehead atoms. The molecule has 2 aromatic heterocycles. The summed E-state index contributed by atoms with van der Waals surface area (Å²) in [5, 5.41) is 0.686. The Bertz CT molecular complexity index is 700. The standard InChI is InChI=1S/C12H14ClN3O2S2/c1-3-9-7-15-12(19-9)8(2)16-20(17,18)10-5-4-6-14-11(10)13/h4-8,16H,3H2,1-2H3. The third kappa shape index (κ3) is 3.35. The van der Waals surface area contributed by atoms with Crippen molar-refractivity contribution in [3.8, 4) is 0 Å².